The summed E-state index contributed by atoms with van der Waals surface area (Å²) in [6, 6.07) is 9.47. The topological polar surface area (TPSA) is 97.0 Å². The van der Waals surface area contributed by atoms with Crippen LogP contribution in [0.25, 0.3) is 22.2 Å². The Balaban J connectivity index is 1.33. The fourth-order valence-electron chi connectivity index (χ4n) is 3.78. The van der Waals surface area contributed by atoms with Crippen molar-refractivity contribution >= 4 is 22.6 Å². The summed E-state index contributed by atoms with van der Waals surface area (Å²) in [6.45, 7) is 2.01. The number of rotatable bonds is 4. The molecular formula is C23H22N6O2. The maximum absolute atomic E-state index is 12.7. The van der Waals surface area contributed by atoms with Gasteiger partial charge in [0.25, 0.3) is 5.91 Å². The van der Waals surface area contributed by atoms with Gasteiger partial charge in [-0.15, -0.1) is 0 Å². The predicted octanol–water partition coefficient (Wildman–Crippen LogP) is 3.74. The van der Waals surface area contributed by atoms with Crippen LogP contribution in [0.4, 0.5) is 5.82 Å². The third-order valence-electron chi connectivity index (χ3n) is 5.59. The Labute approximate surface area is 179 Å². The van der Waals surface area contributed by atoms with Crippen LogP contribution >= 0.6 is 0 Å². The van der Waals surface area contributed by atoms with Crippen LogP contribution in [0, 0.1) is 0 Å². The van der Waals surface area contributed by atoms with Gasteiger partial charge in [-0.3, -0.25) is 9.78 Å². The van der Waals surface area contributed by atoms with Crippen molar-refractivity contribution in [2.24, 2.45) is 0 Å². The molecule has 0 radical (unpaired) electrons. The van der Waals surface area contributed by atoms with Crippen LogP contribution in [-0.2, 0) is 0 Å². The lowest BCUT2D eigenvalue weighted by atomic mass is 9.97. The first kappa shape index (κ1) is 19.3. The number of hydrogen-bond donors (Lipinski definition) is 1. The van der Waals surface area contributed by atoms with Gasteiger partial charge in [0, 0.05) is 41.5 Å². The zero-order valence-electron chi connectivity index (χ0n) is 17.2. The Morgan fingerprint density at radius 1 is 1.16 bits per heavy atom. The van der Waals surface area contributed by atoms with Gasteiger partial charge in [-0.25, -0.2) is 15.0 Å². The first-order valence-corrected chi connectivity index (χ1v) is 10.3. The number of oxazole rings is 1. The first-order valence-electron chi connectivity index (χ1n) is 10.3. The molecular weight excluding hydrogens is 392 g/mol. The molecule has 156 valence electrons. The molecule has 8 heteroatoms. The molecule has 1 N–H and O–H groups in total. The number of hydrogen-bond acceptors (Lipinski definition) is 7. The molecule has 1 aliphatic heterocycles. The fourth-order valence-corrected chi connectivity index (χ4v) is 3.78. The molecule has 1 saturated heterocycles. The molecule has 0 aromatic carbocycles. The zero-order chi connectivity index (χ0) is 21.2. The van der Waals surface area contributed by atoms with Gasteiger partial charge in [-0.1, -0.05) is 0 Å². The van der Waals surface area contributed by atoms with Crippen molar-refractivity contribution < 1.29 is 9.21 Å². The summed E-state index contributed by atoms with van der Waals surface area (Å²) in [5.41, 5.74) is 2.73. The Kier molecular flexibility index (Phi) is 5.13. The third-order valence-corrected chi connectivity index (χ3v) is 5.59. The molecule has 0 spiro atoms. The first-order chi connectivity index (χ1) is 15.2. The number of fused-ring (bicyclic) bond motifs is 1. The van der Waals surface area contributed by atoms with E-state index < -0.39 is 0 Å². The second kappa shape index (κ2) is 8.23. The molecule has 31 heavy (non-hydrogen) atoms. The van der Waals surface area contributed by atoms with E-state index in [-0.39, 0.29) is 17.5 Å². The van der Waals surface area contributed by atoms with E-state index in [0.717, 1.165) is 48.1 Å². The Morgan fingerprint density at radius 3 is 2.84 bits per heavy atom. The molecule has 5 rings (SSSR count). The van der Waals surface area contributed by atoms with Crippen molar-refractivity contribution in [2.75, 3.05) is 25.5 Å². The average molecular weight is 414 g/mol. The maximum Gasteiger partial charge on any atom is 0.278 e. The fraction of sp³-hybridized carbons (Fsp3) is 0.261. The molecule has 0 aliphatic carbocycles. The van der Waals surface area contributed by atoms with Gasteiger partial charge in [0.2, 0.25) is 0 Å². The molecule has 0 saturated carbocycles. The van der Waals surface area contributed by atoms with Gasteiger partial charge >= 0.3 is 0 Å². The summed E-state index contributed by atoms with van der Waals surface area (Å²) >= 11 is 0. The molecule has 5 heterocycles. The number of carbonyl (C=O) groups excluding carboxylic acids is 1. The standard InChI is InChI=1S/C23H22N6O2/c1-29-9-6-15(7-10-29)23-27-20(14-31-23)22(30)28-21-11-19-17(13-25-21)4-5-18(26-19)16-3-2-8-24-12-16/h2-5,8,11-15H,6-7,9-10H2,1H3,(H,25,28,30). The van der Waals surface area contributed by atoms with Gasteiger partial charge in [0.15, 0.2) is 11.6 Å². The highest BCUT2D eigenvalue weighted by atomic mass is 16.3. The second-order valence-corrected chi connectivity index (χ2v) is 7.80. The summed E-state index contributed by atoms with van der Waals surface area (Å²) in [6.07, 6.45) is 8.57. The number of pyridine rings is 3. The highest BCUT2D eigenvalue weighted by molar-refractivity contribution is 6.02. The Bertz CT molecular complexity index is 1220. The molecule has 4 aromatic heterocycles. The van der Waals surface area contributed by atoms with Crippen LogP contribution in [-0.4, -0.2) is 50.9 Å². The largest absolute Gasteiger partial charge is 0.448 e. The highest BCUT2D eigenvalue weighted by Crippen LogP contribution is 2.27. The second-order valence-electron chi connectivity index (χ2n) is 7.80. The number of nitrogens with one attached hydrogen (secondary N) is 1. The number of anilines is 1. The summed E-state index contributed by atoms with van der Waals surface area (Å²) in [5.74, 6) is 0.953. The number of likely N-dealkylation sites (tertiary alicyclic amines) is 1. The summed E-state index contributed by atoms with van der Waals surface area (Å²) in [5, 5.41) is 3.69. The van der Waals surface area contributed by atoms with Crippen LogP contribution in [0.5, 0.6) is 0 Å². The highest BCUT2D eigenvalue weighted by Gasteiger charge is 2.24. The summed E-state index contributed by atoms with van der Waals surface area (Å²) in [4.78, 5) is 32.5. The molecule has 1 amide bonds. The summed E-state index contributed by atoms with van der Waals surface area (Å²) in [7, 11) is 2.11. The van der Waals surface area contributed by atoms with Crippen molar-refractivity contribution in [3.05, 3.63) is 66.8 Å². The van der Waals surface area contributed by atoms with E-state index in [1.807, 2.05) is 24.3 Å². The summed E-state index contributed by atoms with van der Waals surface area (Å²) < 4.78 is 5.60. The predicted molar refractivity (Wildman–Crippen MR) is 117 cm³/mol. The van der Waals surface area contributed by atoms with Gasteiger partial charge in [0.1, 0.15) is 12.1 Å². The van der Waals surface area contributed by atoms with Crippen molar-refractivity contribution in [1.29, 1.82) is 0 Å². The minimum Gasteiger partial charge on any atom is -0.448 e. The lowest BCUT2D eigenvalue weighted by Gasteiger charge is -2.26. The van der Waals surface area contributed by atoms with Crippen LogP contribution in [0.1, 0.15) is 35.1 Å². The number of aromatic nitrogens is 4. The molecule has 8 nitrogen and oxygen atoms in total. The third kappa shape index (κ3) is 4.15. The van der Waals surface area contributed by atoms with E-state index >= 15 is 0 Å². The van der Waals surface area contributed by atoms with Gasteiger partial charge in [-0.05, 0) is 57.2 Å². The quantitative estimate of drug-likeness (QED) is 0.543. The van der Waals surface area contributed by atoms with E-state index in [2.05, 4.69) is 37.2 Å². The minimum atomic E-state index is -0.349. The Morgan fingerprint density at radius 2 is 2.03 bits per heavy atom. The molecule has 4 aromatic rings. The lowest BCUT2D eigenvalue weighted by Crippen LogP contribution is -2.29. The van der Waals surface area contributed by atoms with E-state index in [9.17, 15) is 4.79 Å². The van der Waals surface area contributed by atoms with Gasteiger partial charge in [-0.2, -0.15) is 0 Å². The molecule has 1 fully saturated rings. The van der Waals surface area contributed by atoms with Crippen molar-refractivity contribution in [3.8, 4) is 11.3 Å². The minimum absolute atomic E-state index is 0.256. The van der Waals surface area contributed by atoms with E-state index in [1.54, 1.807) is 24.7 Å². The average Bonchev–Trinajstić information content (AvgIpc) is 3.30. The van der Waals surface area contributed by atoms with Crippen molar-refractivity contribution in [3.63, 3.8) is 0 Å². The number of nitrogens with zero attached hydrogens (tertiary/aromatic N) is 5. The molecule has 0 atom stereocenters. The van der Waals surface area contributed by atoms with E-state index in [1.165, 1.54) is 6.26 Å². The SMILES string of the molecule is CN1CCC(c2nc(C(=O)Nc3cc4nc(-c5cccnc5)ccc4cn3)co2)CC1. The van der Waals surface area contributed by atoms with Crippen molar-refractivity contribution in [2.45, 2.75) is 18.8 Å². The smallest absolute Gasteiger partial charge is 0.278 e. The van der Waals surface area contributed by atoms with E-state index in [0.29, 0.717) is 11.7 Å². The Hall–Kier alpha value is -3.65. The molecule has 1 aliphatic rings. The van der Waals surface area contributed by atoms with Gasteiger partial charge < -0.3 is 14.6 Å². The normalized spacial score (nSPS) is 15.3. The van der Waals surface area contributed by atoms with Crippen LogP contribution in [0.15, 0.2) is 59.6 Å². The van der Waals surface area contributed by atoms with Crippen molar-refractivity contribution in [1.82, 2.24) is 24.8 Å². The molecule has 0 bridgehead atoms. The van der Waals surface area contributed by atoms with Gasteiger partial charge in [0.05, 0.1) is 11.2 Å². The number of piperidine rings is 1. The van der Waals surface area contributed by atoms with E-state index in [4.69, 9.17) is 4.42 Å². The lowest BCUT2D eigenvalue weighted by molar-refractivity contribution is 0.102. The molecule has 0 unspecified atom stereocenters. The number of carbonyl (C=O) groups is 1. The monoisotopic (exact) mass is 414 g/mol. The van der Waals surface area contributed by atoms with Crippen LogP contribution in [0.3, 0.4) is 0 Å². The van der Waals surface area contributed by atoms with Crippen LogP contribution < -0.4 is 5.32 Å². The zero-order valence-corrected chi connectivity index (χ0v) is 17.2. The van der Waals surface area contributed by atoms with Crippen LogP contribution in [0.2, 0.25) is 0 Å². The number of amides is 1. The maximum atomic E-state index is 12.7.